The van der Waals surface area contributed by atoms with E-state index in [-0.39, 0.29) is 35.9 Å². The average molecular weight is 517 g/mol. The molecule has 1 saturated heterocycles. The Morgan fingerprint density at radius 1 is 1.31 bits per heavy atom. The number of benzene rings is 1. The van der Waals surface area contributed by atoms with Gasteiger partial charge in [0.15, 0.2) is 5.96 Å². The number of hydrogen-bond acceptors (Lipinski definition) is 5. The molecule has 0 spiro atoms. The maximum absolute atomic E-state index is 13.3. The minimum Gasteiger partial charge on any atom is -0.489 e. The summed E-state index contributed by atoms with van der Waals surface area (Å²) in [5, 5.41) is 7.42. The highest BCUT2D eigenvalue weighted by molar-refractivity contribution is 14.0. The number of ether oxygens (including phenoxy) is 1. The molecule has 0 bridgehead atoms. The summed E-state index contributed by atoms with van der Waals surface area (Å²) < 4.78 is 24.2. The predicted molar refractivity (Wildman–Crippen MR) is 121 cm³/mol. The molecule has 1 fully saturated rings. The largest absolute Gasteiger partial charge is 0.489 e. The van der Waals surface area contributed by atoms with Crippen molar-refractivity contribution in [2.24, 2.45) is 4.99 Å². The topological polar surface area (TPSA) is 66.1 Å². The molecule has 0 amide bonds. The molecule has 0 saturated carbocycles. The number of aryl methyl sites for hydroxylation is 1. The van der Waals surface area contributed by atoms with Gasteiger partial charge in [0, 0.05) is 51.9 Å². The van der Waals surface area contributed by atoms with E-state index >= 15 is 0 Å². The number of guanidine groups is 1. The van der Waals surface area contributed by atoms with Crippen LogP contribution in [0.15, 0.2) is 39.8 Å². The van der Waals surface area contributed by atoms with Crippen LogP contribution >= 0.6 is 24.0 Å². The number of aliphatic imine (C=N–C) groups is 1. The van der Waals surface area contributed by atoms with Crippen molar-refractivity contribution in [2.75, 3.05) is 39.8 Å². The lowest BCUT2D eigenvalue weighted by Gasteiger charge is -2.36. The maximum atomic E-state index is 13.3. The summed E-state index contributed by atoms with van der Waals surface area (Å²) in [4.78, 5) is 8.98. The Bertz CT molecular complexity index is 793. The van der Waals surface area contributed by atoms with Gasteiger partial charge in [0.2, 0.25) is 0 Å². The summed E-state index contributed by atoms with van der Waals surface area (Å²) in [5.74, 6) is 1.92. The van der Waals surface area contributed by atoms with E-state index in [2.05, 4.69) is 25.3 Å². The summed E-state index contributed by atoms with van der Waals surface area (Å²) in [7, 11) is 1.78. The van der Waals surface area contributed by atoms with Crippen LogP contribution in [-0.4, -0.2) is 66.8 Å². The minimum absolute atomic E-state index is 0. The van der Waals surface area contributed by atoms with Gasteiger partial charge in [-0.1, -0.05) is 11.2 Å². The molecule has 1 N–H and O–H groups in total. The molecule has 7 nitrogen and oxygen atoms in total. The average Bonchev–Trinajstić information content (AvgIpc) is 3.08. The molecular weight excluding hydrogens is 488 g/mol. The molecule has 0 radical (unpaired) electrons. The number of halogens is 2. The third-order valence-electron chi connectivity index (χ3n) is 4.63. The standard InChI is InChI=1S/C20H28FN5O2.HI/c1-15-11-18(24-28-15)14-25-7-9-26(10-8-25)20(22-3)23-13-16(2)27-19-6-4-5-17(21)12-19;/h4-6,11-12,16H,7-10,13-14H2,1-3H3,(H,22,23);1H. The van der Waals surface area contributed by atoms with Crippen LogP contribution in [0.5, 0.6) is 5.75 Å². The second-order valence-corrected chi connectivity index (χ2v) is 7.01. The zero-order valence-electron chi connectivity index (χ0n) is 17.1. The van der Waals surface area contributed by atoms with E-state index in [1.54, 1.807) is 19.2 Å². The fraction of sp³-hybridized carbons (Fsp3) is 0.500. The van der Waals surface area contributed by atoms with Crippen molar-refractivity contribution in [2.45, 2.75) is 26.5 Å². The van der Waals surface area contributed by atoms with E-state index in [9.17, 15) is 4.39 Å². The molecule has 2 heterocycles. The van der Waals surface area contributed by atoms with Crippen LogP contribution in [0.1, 0.15) is 18.4 Å². The van der Waals surface area contributed by atoms with Crippen molar-refractivity contribution < 1.29 is 13.7 Å². The van der Waals surface area contributed by atoms with Crippen molar-refractivity contribution in [1.29, 1.82) is 0 Å². The van der Waals surface area contributed by atoms with Crippen LogP contribution in [0.4, 0.5) is 4.39 Å². The number of nitrogens with one attached hydrogen (secondary N) is 1. The Hall–Kier alpha value is -1.88. The molecular formula is C20H29FIN5O2. The highest BCUT2D eigenvalue weighted by atomic mass is 127. The Balaban J connectivity index is 0.00000300. The molecule has 3 rings (SSSR count). The molecule has 9 heteroatoms. The molecule has 1 aliphatic heterocycles. The van der Waals surface area contributed by atoms with Crippen LogP contribution in [0.25, 0.3) is 0 Å². The van der Waals surface area contributed by atoms with Crippen molar-refractivity contribution in [1.82, 2.24) is 20.3 Å². The smallest absolute Gasteiger partial charge is 0.193 e. The van der Waals surface area contributed by atoms with Gasteiger partial charge in [-0.05, 0) is 26.0 Å². The highest BCUT2D eigenvalue weighted by Crippen LogP contribution is 2.14. The van der Waals surface area contributed by atoms with Gasteiger partial charge in [-0.25, -0.2) is 4.39 Å². The summed E-state index contributed by atoms with van der Waals surface area (Å²) in [5.41, 5.74) is 0.969. The van der Waals surface area contributed by atoms with Gasteiger partial charge >= 0.3 is 0 Å². The number of hydrogen-bond donors (Lipinski definition) is 1. The first kappa shape index (κ1) is 23.4. The van der Waals surface area contributed by atoms with Gasteiger partial charge in [-0.2, -0.15) is 0 Å². The van der Waals surface area contributed by atoms with Gasteiger partial charge in [0.05, 0.1) is 12.2 Å². The van der Waals surface area contributed by atoms with Crippen molar-refractivity contribution in [3.05, 3.63) is 47.6 Å². The monoisotopic (exact) mass is 517 g/mol. The fourth-order valence-corrected chi connectivity index (χ4v) is 3.22. The fourth-order valence-electron chi connectivity index (χ4n) is 3.22. The number of aromatic nitrogens is 1. The van der Waals surface area contributed by atoms with E-state index in [4.69, 9.17) is 9.26 Å². The van der Waals surface area contributed by atoms with E-state index in [0.717, 1.165) is 50.1 Å². The lowest BCUT2D eigenvalue weighted by atomic mass is 10.3. The third kappa shape index (κ3) is 7.14. The third-order valence-corrected chi connectivity index (χ3v) is 4.63. The summed E-state index contributed by atoms with van der Waals surface area (Å²) in [6, 6.07) is 8.17. The maximum Gasteiger partial charge on any atom is 0.193 e. The van der Waals surface area contributed by atoms with E-state index in [0.29, 0.717) is 12.3 Å². The Labute approximate surface area is 188 Å². The van der Waals surface area contributed by atoms with Crippen LogP contribution < -0.4 is 10.1 Å². The Morgan fingerprint density at radius 2 is 2.07 bits per heavy atom. The highest BCUT2D eigenvalue weighted by Gasteiger charge is 2.21. The number of rotatable bonds is 6. The van der Waals surface area contributed by atoms with Crippen molar-refractivity contribution in [3.63, 3.8) is 0 Å². The first-order chi connectivity index (χ1) is 13.5. The molecule has 1 aromatic heterocycles. The molecule has 1 atom stereocenters. The predicted octanol–water partition coefficient (Wildman–Crippen LogP) is 2.90. The molecule has 29 heavy (non-hydrogen) atoms. The zero-order valence-corrected chi connectivity index (χ0v) is 19.4. The van der Waals surface area contributed by atoms with Gasteiger partial charge in [-0.3, -0.25) is 9.89 Å². The van der Waals surface area contributed by atoms with Crippen LogP contribution in [-0.2, 0) is 6.54 Å². The molecule has 1 aliphatic rings. The SMILES string of the molecule is CN=C(NCC(C)Oc1cccc(F)c1)N1CCN(Cc2cc(C)on2)CC1.I. The molecule has 2 aromatic rings. The summed E-state index contributed by atoms with van der Waals surface area (Å²) in [6.07, 6.45) is -0.116. The summed E-state index contributed by atoms with van der Waals surface area (Å²) in [6.45, 7) is 8.87. The Kier molecular flexibility index (Phi) is 9.15. The van der Waals surface area contributed by atoms with Gasteiger partial charge < -0.3 is 19.5 Å². The number of piperazine rings is 1. The second kappa shape index (κ2) is 11.3. The molecule has 1 aromatic carbocycles. The van der Waals surface area contributed by atoms with Crippen LogP contribution in [0.2, 0.25) is 0 Å². The molecule has 160 valence electrons. The molecule has 0 aliphatic carbocycles. The number of nitrogens with zero attached hydrogens (tertiary/aromatic N) is 4. The molecule has 1 unspecified atom stereocenters. The minimum atomic E-state index is -0.299. The van der Waals surface area contributed by atoms with Gasteiger partial charge in [0.25, 0.3) is 0 Å². The lowest BCUT2D eigenvalue weighted by Crippen LogP contribution is -2.53. The van der Waals surface area contributed by atoms with Crippen molar-refractivity contribution >= 4 is 29.9 Å². The van der Waals surface area contributed by atoms with Crippen molar-refractivity contribution in [3.8, 4) is 5.75 Å². The van der Waals surface area contributed by atoms with Crippen LogP contribution in [0.3, 0.4) is 0 Å². The lowest BCUT2D eigenvalue weighted by molar-refractivity contribution is 0.167. The first-order valence-electron chi connectivity index (χ1n) is 9.56. The zero-order chi connectivity index (χ0) is 19.9. The first-order valence-corrected chi connectivity index (χ1v) is 9.56. The Morgan fingerprint density at radius 3 is 2.69 bits per heavy atom. The van der Waals surface area contributed by atoms with Gasteiger partial charge in [0.1, 0.15) is 23.4 Å². The summed E-state index contributed by atoms with van der Waals surface area (Å²) >= 11 is 0. The van der Waals surface area contributed by atoms with Crippen LogP contribution in [0, 0.1) is 12.7 Å². The normalized spacial score (nSPS) is 16.3. The van der Waals surface area contributed by atoms with Gasteiger partial charge in [-0.15, -0.1) is 24.0 Å². The quantitative estimate of drug-likeness (QED) is 0.361. The second-order valence-electron chi connectivity index (χ2n) is 7.01. The van der Waals surface area contributed by atoms with E-state index < -0.39 is 0 Å². The van der Waals surface area contributed by atoms with E-state index in [1.165, 1.54) is 12.1 Å². The van der Waals surface area contributed by atoms with E-state index in [1.807, 2.05) is 19.9 Å².